The molecule has 0 spiro atoms. The van der Waals surface area contributed by atoms with Crippen LogP contribution in [-0.2, 0) is 5.60 Å². The standard InChI is InChI=1S/C22H28N2O.H2/c25-22(9-2-1-3-10-22)17-6-7-21-19(14-17)20(15-23-21)16-8-12-24-11-4-5-18(24)13-16;/h6-8,14-15,18,23,25H,1-5,9-13H2;1H. The summed E-state index contributed by atoms with van der Waals surface area (Å²) in [7, 11) is 0. The molecule has 3 nitrogen and oxygen atoms in total. The van der Waals surface area contributed by atoms with E-state index in [0.29, 0.717) is 0 Å². The van der Waals surface area contributed by atoms with E-state index in [-0.39, 0.29) is 1.43 Å². The third-order valence-corrected chi connectivity index (χ3v) is 6.77. The summed E-state index contributed by atoms with van der Waals surface area (Å²) >= 11 is 0. The first-order valence-corrected chi connectivity index (χ1v) is 10.0. The van der Waals surface area contributed by atoms with Crippen LogP contribution in [0.3, 0.4) is 0 Å². The molecule has 0 amide bonds. The summed E-state index contributed by atoms with van der Waals surface area (Å²) in [5, 5.41) is 12.4. The molecule has 1 aromatic carbocycles. The number of hydrogen-bond acceptors (Lipinski definition) is 2. The molecule has 3 aliphatic rings. The highest BCUT2D eigenvalue weighted by Gasteiger charge is 2.32. The smallest absolute Gasteiger partial charge is 0.0896 e. The molecule has 3 heterocycles. The third kappa shape index (κ3) is 2.65. The Morgan fingerprint density at radius 1 is 1.16 bits per heavy atom. The number of aliphatic hydroxyl groups is 1. The van der Waals surface area contributed by atoms with E-state index in [2.05, 4.69) is 40.4 Å². The van der Waals surface area contributed by atoms with Crippen LogP contribution in [0.1, 0.15) is 63.9 Å². The van der Waals surface area contributed by atoms with E-state index in [9.17, 15) is 5.11 Å². The molecule has 25 heavy (non-hydrogen) atoms. The van der Waals surface area contributed by atoms with E-state index in [1.807, 2.05) is 0 Å². The average Bonchev–Trinajstić information content (AvgIpc) is 3.27. The lowest BCUT2D eigenvalue weighted by Gasteiger charge is -2.32. The first-order valence-electron chi connectivity index (χ1n) is 10.0. The van der Waals surface area contributed by atoms with Crippen LogP contribution in [0.5, 0.6) is 0 Å². The van der Waals surface area contributed by atoms with Crippen LogP contribution < -0.4 is 0 Å². The van der Waals surface area contributed by atoms with E-state index in [4.69, 9.17) is 0 Å². The lowest BCUT2D eigenvalue weighted by Crippen LogP contribution is -2.32. The fourth-order valence-corrected chi connectivity index (χ4v) is 5.25. The average molecular weight is 338 g/mol. The quantitative estimate of drug-likeness (QED) is 0.824. The molecule has 0 bridgehead atoms. The number of fused-ring (bicyclic) bond motifs is 2. The van der Waals surface area contributed by atoms with Crippen molar-refractivity contribution >= 4 is 16.5 Å². The molecule has 3 heteroatoms. The van der Waals surface area contributed by atoms with Crippen molar-refractivity contribution in [2.24, 2.45) is 0 Å². The van der Waals surface area contributed by atoms with Gasteiger partial charge in [0.15, 0.2) is 0 Å². The van der Waals surface area contributed by atoms with Crippen molar-refractivity contribution in [1.29, 1.82) is 0 Å². The van der Waals surface area contributed by atoms with Gasteiger partial charge in [-0.25, -0.2) is 0 Å². The highest BCUT2D eigenvalue weighted by atomic mass is 16.3. The largest absolute Gasteiger partial charge is 0.385 e. The van der Waals surface area contributed by atoms with Crippen LogP contribution in [0.4, 0.5) is 0 Å². The van der Waals surface area contributed by atoms with Crippen LogP contribution in [0.15, 0.2) is 30.5 Å². The van der Waals surface area contributed by atoms with Gasteiger partial charge in [-0.1, -0.05) is 31.4 Å². The van der Waals surface area contributed by atoms with Crippen LogP contribution in [0.2, 0.25) is 0 Å². The van der Waals surface area contributed by atoms with Gasteiger partial charge in [0.05, 0.1) is 5.60 Å². The van der Waals surface area contributed by atoms with Gasteiger partial charge in [0.1, 0.15) is 0 Å². The molecule has 2 aromatic rings. The Labute approximate surface area is 151 Å². The Morgan fingerprint density at radius 3 is 2.92 bits per heavy atom. The first kappa shape index (κ1) is 15.7. The van der Waals surface area contributed by atoms with Crippen LogP contribution in [-0.4, -0.2) is 34.1 Å². The molecule has 2 aliphatic heterocycles. The Bertz CT molecular complexity index is 819. The number of aromatic nitrogens is 1. The third-order valence-electron chi connectivity index (χ3n) is 6.77. The van der Waals surface area contributed by atoms with Gasteiger partial charge in [-0.15, -0.1) is 0 Å². The number of nitrogens with one attached hydrogen (secondary N) is 1. The van der Waals surface area contributed by atoms with Gasteiger partial charge in [-0.05, 0) is 61.9 Å². The van der Waals surface area contributed by atoms with E-state index in [1.54, 1.807) is 0 Å². The fourth-order valence-electron chi connectivity index (χ4n) is 5.25. The minimum atomic E-state index is -0.621. The lowest BCUT2D eigenvalue weighted by atomic mass is 9.79. The van der Waals surface area contributed by atoms with E-state index in [0.717, 1.165) is 43.8 Å². The second kappa shape index (κ2) is 6.00. The van der Waals surface area contributed by atoms with Gasteiger partial charge in [0.2, 0.25) is 0 Å². The zero-order valence-corrected chi connectivity index (χ0v) is 14.9. The Morgan fingerprint density at radius 2 is 2.04 bits per heavy atom. The molecule has 1 saturated heterocycles. The van der Waals surface area contributed by atoms with Crippen LogP contribution in [0, 0.1) is 0 Å². The predicted octanol–water partition coefficient (Wildman–Crippen LogP) is 4.82. The lowest BCUT2D eigenvalue weighted by molar-refractivity contribution is -0.000508. The first-order chi connectivity index (χ1) is 12.2. The second-order valence-electron chi connectivity index (χ2n) is 8.28. The van der Waals surface area contributed by atoms with Crippen molar-refractivity contribution in [1.82, 2.24) is 9.88 Å². The van der Waals surface area contributed by atoms with Crippen molar-refractivity contribution in [3.05, 3.63) is 41.6 Å². The summed E-state index contributed by atoms with van der Waals surface area (Å²) in [5.41, 5.74) is 4.52. The monoisotopic (exact) mass is 338 g/mol. The zero-order valence-electron chi connectivity index (χ0n) is 14.9. The molecular formula is C22H30N2O. The van der Waals surface area contributed by atoms with Crippen molar-refractivity contribution in [3.63, 3.8) is 0 Å². The molecule has 0 radical (unpaired) electrons. The summed E-state index contributed by atoms with van der Waals surface area (Å²) < 4.78 is 0. The topological polar surface area (TPSA) is 39.3 Å². The molecule has 2 N–H and O–H groups in total. The van der Waals surface area contributed by atoms with E-state index >= 15 is 0 Å². The summed E-state index contributed by atoms with van der Waals surface area (Å²) in [5.74, 6) is 0. The van der Waals surface area contributed by atoms with Gasteiger partial charge in [0.25, 0.3) is 0 Å². The summed E-state index contributed by atoms with van der Waals surface area (Å²) in [6, 6.07) is 7.28. The van der Waals surface area contributed by atoms with Crippen LogP contribution in [0.25, 0.3) is 16.5 Å². The minimum Gasteiger partial charge on any atom is -0.385 e. The molecule has 1 aliphatic carbocycles. The maximum absolute atomic E-state index is 11.1. The maximum Gasteiger partial charge on any atom is 0.0896 e. The molecule has 1 atom stereocenters. The highest BCUT2D eigenvalue weighted by molar-refractivity contribution is 5.93. The number of rotatable bonds is 2. The second-order valence-corrected chi connectivity index (χ2v) is 8.28. The molecule has 1 aromatic heterocycles. The normalized spacial score (nSPS) is 26.6. The van der Waals surface area contributed by atoms with Gasteiger partial charge < -0.3 is 10.1 Å². The maximum atomic E-state index is 11.1. The Kier molecular flexibility index (Phi) is 3.76. The number of H-pyrrole nitrogens is 1. The SMILES string of the molecule is OC1(c2ccc3[nH]cc(C4=CCN5CCCC5C4)c3c2)CCCCC1.[HH]. The Balaban J connectivity index is 0.00000168. The molecule has 1 saturated carbocycles. The predicted molar refractivity (Wildman–Crippen MR) is 105 cm³/mol. The van der Waals surface area contributed by atoms with Gasteiger partial charge in [-0.2, -0.15) is 0 Å². The number of hydrogen-bond donors (Lipinski definition) is 2. The van der Waals surface area contributed by atoms with Gasteiger partial charge >= 0.3 is 0 Å². The van der Waals surface area contributed by atoms with Gasteiger partial charge in [-0.3, -0.25) is 4.90 Å². The summed E-state index contributed by atoms with van der Waals surface area (Å²) in [4.78, 5) is 6.07. The molecule has 134 valence electrons. The fraction of sp³-hybridized carbons (Fsp3) is 0.545. The molecular weight excluding hydrogens is 308 g/mol. The summed E-state index contributed by atoms with van der Waals surface area (Å²) in [6.45, 7) is 2.36. The number of aromatic amines is 1. The number of nitrogens with zero attached hydrogens (tertiary/aromatic N) is 1. The van der Waals surface area contributed by atoms with Crippen molar-refractivity contribution in [3.8, 4) is 0 Å². The summed E-state index contributed by atoms with van der Waals surface area (Å²) in [6.07, 6.45) is 13.8. The molecule has 5 rings (SSSR count). The molecule has 1 unspecified atom stereocenters. The van der Waals surface area contributed by atoms with Crippen molar-refractivity contribution < 1.29 is 6.53 Å². The van der Waals surface area contributed by atoms with Gasteiger partial charge in [0, 0.05) is 36.7 Å². The van der Waals surface area contributed by atoms with E-state index in [1.165, 1.54) is 54.3 Å². The Hall–Kier alpha value is -1.58. The minimum absolute atomic E-state index is 0. The van der Waals surface area contributed by atoms with Crippen molar-refractivity contribution in [2.75, 3.05) is 13.1 Å². The zero-order chi connectivity index (χ0) is 16.9. The van der Waals surface area contributed by atoms with E-state index < -0.39 is 5.60 Å². The highest BCUT2D eigenvalue weighted by Crippen LogP contribution is 2.40. The molecule has 2 fully saturated rings. The van der Waals surface area contributed by atoms with Crippen LogP contribution >= 0.6 is 0 Å². The number of benzene rings is 1. The van der Waals surface area contributed by atoms with Crippen molar-refractivity contribution in [2.45, 2.75) is 63.0 Å².